The second-order valence-electron chi connectivity index (χ2n) is 4.11. The van der Waals surface area contributed by atoms with Crippen LogP contribution >= 0.6 is 0 Å². The molecule has 0 aliphatic carbocycles. The molecule has 0 aromatic heterocycles. The fourth-order valence-corrected chi connectivity index (χ4v) is 3.00. The van der Waals surface area contributed by atoms with Crippen LogP contribution in [0.1, 0.15) is 5.56 Å². The van der Waals surface area contributed by atoms with Gasteiger partial charge in [-0.15, -0.1) is 0 Å². The van der Waals surface area contributed by atoms with Crippen molar-refractivity contribution < 1.29 is 13.5 Å². The molecule has 0 unspecified atom stereocenters. The quantitative estimate of drug-likeness (QED) is 0.705. The molecule has 6 nitrogen and oxygen atoms in total. The van der Waals surface area contributed by atoms with Gasteiger partial charge >= 0.3 is 10.2 Å². The molecule has 0 radical (unpaired) electrons. The van der Waals surface area contributed by atoms with Crippen molar-refractivity contribution in [1.82, 2.24) is 9.62 Å². The summed E-state index contributed by atoms with van der Waals surface area (Å²) >= 11 is 0. The molecule has 100 valence electrons. The highest BCUT2D eigenvalue weighted by molar-refractivity contribution is 7.90. The number of rotatable bonds is 4. The molecule has 1 fully saturated rings. The van der Waals surface area contributed by atoms with Gasteiger partial charge < -0.3 is 10.4 Å². The molecule has 0 spiro atoms. The van der Waals surface area contributed by atoms with Crippen LogP contribution in [-0.2, 0) is 16.8 Å². The minimum Gasteiger partial charge on any atom is -0.392 e. The fourth-order valence-electron chi connectivity index (χ4n) is 1.78. The van der Waals surface area contributed by atoms with Crippen molar-refractivity contribution >= 4 is 15.9 Å². The van der Waals surface area contributed by atoms with E-state index >= 15 is 0 Å². The molecular weight excluding hydrogens is 254 g/mol. The number of aliphatic hydroxyl groups is 1. The van der Waals surface area contributed by atoms with Crippen LogP contribution in [-0.4, -0.2) is 44.0 Å². The molecule has 0 saturated carbocycles. The minimum absolute atomic E-state index is 0.0508. The highest BCUT2D eigenvalue weighted by Crippen LogP contribution is 2.13. The van der Waals surface area contributed by atoms with Crippen LogP contribution in [0.25, 0.3) is 0 Å². The van der Waals surface area contributed by atoms with E-state index in [0.717, 1.165) is 5.56 Å². The smallest absolute Gasteiger partial charge is 0.301 e. The number of aliphatic hydroxyl groups excluding tert-OH is 1. The summed E-state index contributed by atoms with van der Waals surface area (Å²) in [5.41, 5.74) is 1.26. The van der Waals surface area contributed by atoms with Crippen molar-refractivity contribution in [3.8, 4) is 0 Å². The summed E-state index contributed by atoms with van der Waals surface area (Å²) < 4.78 is 28.0. The molecule has 1 saturated heterocycles. The Morgan fingerprint density at radius 3 is 2.39 bits per heavy atom. The molecule has 3 N–H and O–H groups in total. The lowest BCUT2D eigenvalue weighted by Gasteiger charge is -2.26. The van der Waals surface area contributed by atoms with Crippen LogP contribution in [0.15, 0.2) is 24.3 Å². The molecule has 18 heavy (non-hydrogen) atoms. The lowest BCUT2D eigenvalue weighted by Crippen LogP contribution is -2.48. The van der Waals surface area contributed by atoms with E-state index in [1.54, 1.807) is 24.3 Å². The molecule has 0 bridgehead atoms. The first-order valence-electron chi connectivity index (χ1n) is 5.80. The Hall–Kier alpha value is -1.15. The van der Waals surface area contributed by atoms with Gasteiger partial charge in [-0.3, -0.25) is 4.72 Å². The van der Waals surface area contributed by atoms with Crippen molar-refractivity contribution in [3.63, 3.8) is 0 Å². The predicted octanol–water partition coefficient (Wildman–Crippen LogP) is -0.259. The van der Waals surface area contributed by atoms with Crippen LogP contribution in [0.5, 0.6) is 0 Å². The Labute approximate surface area is 107 Å². The number of anilines is 1. The maximum atomic E-state index is 12.0. The topological polar surface area (TPSA) is 81.7 Å². The monoisotopic (exact) mass is 271 g/mol. The second-order valence-corrected chi connectivity index (χ2v) is 5.78. The van der Waals surface area contributed by atoms with Gasteiger partial charge in [-0.05, 0) is 17.7 Å². The van der Waals surface area contributed by atoms with E-state index < -0.39 is 10.2 Å². The molecule has 7 heteroatoms. The molecule has 0 amide bonds. The number of piperazine rings is 1. The number of hydrogen-bond donors (Lipinski definition) is 3. The van der Waals surface area contributed by atoms with Crippen LogP contribution in [0.3, 0.4) is 0 Å². The van der Waals surface area contributed by atoms with Crippen molar-refractivity contribution in [2.75, 3.05) is 30.9 Å². The van der Waals surface area contributed by atoms with Crippen LogP contribution in [0, 0.1) is 0 Å². The van der Waals surface area contributed by atoms with Gasteiger partial charge in [0, 0.05) is 31.9 Å². The molecule has 1 aliphatic rings. The third-order valence-electron chi connectivity index (χ3n) is 2.80. The summed E-state index contributed by atoms with van der Waals surface area (Å²) in [6.07, 6.45) is 0. The van der Waals surface area contributed by atoms with Crippen molar-refractivity contribution in [1.29, 1.82) is 0 Å². The summed E-state index contributed by atoms with van der Waals surface area (Å²) in [5.74, 6) is 0. The molecule has 1 aliphatic heterocycles. The highest BCUT2D eigenvalue weighted by atomic mass is 32.2. The zero-order valence-electron chi connectivity index (χ0n) is 9.96. The lowest BCUT2D eigenvalue weighted by molar-refractivity contribution is 0.282. The van der Waals surface area contributed by atoms with Crippen molar-refractivity contribution in [2.24, 2.45) is 0 Å². The minimum atomic E-state index is -3.48. The SMILES string of the molecule is O=S(=O)(Nc1ccc(CO)cc1)N1CCNCC1. The van der Waals surface area contributed by atoms with Gasteiger partial charge in [-0.25, -0.2) is 0 Å². The first-order chi connectivity index (χ1) is 8.62. The summed E-state index contributed by atoms with van der Waals surface area (Å²) in [4.78, 5) is 0. The zero-order chi connectivity index (χ0) is 13.0. The number of hydrogen-bond acceptors (Lipinski definition) is 4. The normalized spacial score (nSPS) is 17.6. The Morgan fingerprint density at radius 2 is 1.83 bits per heavy atom. The molecule has 1 aromatic rings. The second kappa shape index (κ2) is 5.66. The molecule has 0 atom stereocenters. The molecular formula is C11H17N3O3S. The maximum absolute atomic E-state index is 12.0. The summed E-state index contributed by atoms with van der Waals surface area (Å²) in [6, 6.07) is 6.67. The molecule has 1 aromatic carbocycles. The molecule has 1 heterocycles. The van der Waals surface area contributed by atoms with E-state index in [2.05, 4.69) is 10.0 Å². The van der Waals surface area contributed by atoms with Gasteiger partial charge in [0.15, 0.2) is 0 Å². The largest absolute Gasteiger partial charge is 0.392 e. The van der Waals surface area contributed by atoms with Crippen molar-refractivity contribution in [3.05, 3.63) is 29.8 Å². The van der Waals surface area contributed by atoms with E-state index in [0.29, 0.717) is 31.9 Å². The Kier molecular flexibility index (Phi) is 4.18. The summed E-state index contributed by atoms with van der Waals surface area (Å²) in [6.45, 7) is 2.24. The maximum Gasteiger partial charge on any atom is 0.301 e. The Balaban J connectivity index is 2.06. The van der Waals surface area contributed by atoms with Gasteiger partial charge in [0.05, 0.1) is 6.61 Å². The predicted molar refractivity (Wildman–Crippen MR) is 69.4 cm³/mol. The van der Waals surface area contributed by atoms with Gasteiger partial charge in [0.25, 0.3) is 0 Å². The number of nitrogens with zero attached hydrogens (tertiary/aromatic N) is 1. The lowest BCUT2D eigenvalue weighted by atomic mass is 10.2. The first kappa shape index (κ1) is 13.3. The van der Waals surface area contributed by atoms with E-state index in [1.807, 2.05) is 0 Å². The third-order valence-corrected chi connectivity index (χ3v) is 4.34. The summed E-state index contributed by atoms with van der Waals surface area (Å²) in [5, 5.41) is 12.0. The molecule has 2 rings (SSSR count). The first-order valence-corrected chi connectivity index (χ1v) is 7.24. The average molecular weight is 271 g/mol. The van der Waals surface area contributed by atoms with Gasteiger partial charge in [0.2, 0.25) is 0 Å². The van der Waals surface area contributed by atoms with Gasteiger partial charge in [-0.2, -0.15) is 12.7 Å². The van der Waals surface area contributed by atoms with E-state index in [9.17, 15) is 8.42 Å². The van der Waals surface area contributed by atoms with Gasteiger partial charge in [-0.1, -0.05) is 12.1 Å². The van der Waals surface area contributed by atoms with Crippen molar-refractivity contribution in [2.45, 2.75) is 6.61 Å². The van der Waals surface area contributed by atoms with Crippen LogP contribution < -0.4 is 10.0 Å². The fraction of sp³-hybridized carbons (Fsp3) is 0.455. The summed E-state index contributed by atoms with van der Waals surface area (Å²) in [7, 11) is -3.48. The highest BCUT2D eigenvalue weighted by Gasteiger charge is 2.23. The standard InChI is InChI=1S/C11H17N3O3S/c15-9-10-1-3-11(4-2-10)13-18(16,17)14-7-5-12-6-8-14/h1-4,12-13,15H,5-9H2. The zero-order valence-corrected chi connectivity index (χ0v) is 10.8. The average Bonchev–Trinajstić information content (AvgIpc) is 2.40. The Bertz CT molecular complexity index is 481. The van der Waals surface area contributed by atoms with E-state index in [1.165, 1.54) is 4.31 Å². The van der Waals surface area contributed by atoms with E-state index in [-0.39, 0.29) is 6.61 Å². The van der Waals surface area contributed by atoms with Crippen LogP contribution in [0.2, 0.25) is 0 Å². The Morgan fingerprint density at radius 1 is 1.22 bits per heavy atom. The van der Waals surface area contributed by atoms with Gasteiger partial charge in [0.1, 0.15) is 0 Å². The van der Waals surface area contributed by atoms with E-state index in [4.69, 9.17) is 5.11 Å². The number of benzene rings is 1. The van der Waals surface area contributed by atoms with Crippen LogP contribution in [0.4, 0.5) is 5.69 Å². The third kappa shape index (κ3) is 3.20. The number of nitrogens with one attached hydrogen (secondary N) is 2.